The van der Waals surface area contributed by atoms with E-state index in [2.05, 4.69) is 10.2 Å². The number of rotatable bonds is 2. The Balaban J connectivity index is 2.10. The van der Waals surface area contributed by atoms with E-state index in [0.717, 1.165) is 33.3 Å². The van der Waals surface area contributed by atoms with Gasteiger partial charge < -0.3 is 5.11 Å². The maximum Gasteiger partial charge on any atom is 0.123 e. The van der Waals surface area contributed by atoms with Crippen LogP contribution in [0.25, 0.3) is 10.8 Å². The van der Waals surface area contributed by atoms with Crippen molar-refractivity contribution in [1.82, 2.24) is 0 Å². The fraction of sp³-hybridized carbons (Fsp3) is 0.111. The van der Waals surface area contributed by atoms with E-state index in [1.54, 1.807) is 12.1 Å². The van der Waals surface area contributed by atoms with Crippen molar-refractivity contribution in [3.8, 4) is 5.75 Å². The van der Waals surface area contributed by atoms with Gasteiger partial charge in [-0.3, -0.25) is 0 Å². The van der Waals surface area contributed by atoms with Gasteiger partial charge in [-0.05, 0) is 37.1 Å². The zero-order chi connectivity index (χ0) is 14.8. The summed E-state index contributed by atoms with van der Waals surface area (Å²) in [6.45, 7) is 4.05. The van der Waals surface area contributed by atoms with Crippen molar-refractivity contribution < 1.29 is 5.11 Å². The molecule has 3 nitrogen and oxygen atoms in total. The standard InChI is InChI=1S/C18H16N2O/c1-12-6-5-7-13(2)18(12)20-19-16-10-11-17(21)15-9-4-3-8-14(15)16/h3-11,21H,1-2H3. The van der Waals surface area contributed by atoms with Gasteiger partial charge in [0, 0.05) is 10.8 Å². The molecule has 0 aromatic heterocycles. The number of fused-ring (bicyclic) bond motifs is 1. The molecule has 0 atom stereocenters. The molecule has 0 heterocycles. The van der Waals surface area contributed by atoms with Crippen LogP contribution in [0.1, 0.15) is 11.1 Å². The highest BCUT2D eigenvalue weighted by atomic mass is 16.3. The summed E-state index contributed by atoms with van der Waals surface area (Å²) >= 11 is 0. The van der Waals surface area contributed by atoms with Gasteiger partial charge in [-0.2, -0.15) is 0 Å². The van der Waals surface area contributed by atoms with Gasteiger partial charge in [-0.25, -0.2) is 0 Å². The number of phenolic OH excluding ortho intramolecular Hbond substituents is 1. The summed E-state index contributed by atoms with van der Waals surface area (Å²) in [5, 5.41) is 20.4. The van der Waals surface area contributed by atoms with Crippen LogP contribution in [0.3, 0.4) is 0 Å². The lowest BCUT2D eigenvalue weighted by molar-refractivity contribution is 0.481. The maximum atomic E-state index is 9.90. The van der Waals surface area contributed by atoms with E-state index in [-0.39, 0.29) is 5.75 Å². The molecule has 0 fully saturated rings. The van der Waals surface area contributed by atoms with Gasteiger partial charge >= 0.3 is 0 Å². The third-order valence-electron chi connectivity index (χ3n) is 3.58. The summed E-state index contributed by atoms with van der Waals surface area (Å²) in [5.74, 6) is 0.261. The van der Waals surface area contributed by atoms with Crippen molar-refractivity contribution >= 4 is 22.1 Å². The van der Waals surface area contributed by atoms with E-state index < -0.39 is 0 Å². The van der Waals surface area contributed by atoms with E-state index in [9.17, 15) is 5.11 Å². The van der Waals surface area contributed by atoms with Gasteiger partial charge in [0.2, 0.25) is 0 Å². The molecule has 0 saturated carbocycles. The molecule has 104 valence electrons. The minimum atomic E-state index is 0.261. The van der Waals surface area contributed by atoms with Crippen molar-refractivity contribution in [3.63, 3.8) is 0 Å². The Labute approximate surface area is 123 Å². The van der Waals surface area contributed by atoms with Gasteiger partial charge in [0.05, 0.1) is 11.4 Å². The van der Waals surface area contributed by atoms with Crippen LogP contribution in [0, 0.1) is 13.8 Å². The molecule has 0 saturated heterocycles. The molecule has 0 radical (unpaired) electrons. The fourth-order valence-electron chi connectivity index (χ4n) is 2.42. The number of aryl methyl sites for hydroxylation is 2. The molecule has 0 aliphatic rings. The van der Waals surface area contributed by atoms with Crippen molar-refractivity contribution in [2.24, 2.45) is 10.2 Å². The minimum absolute atomic E-state index is 0.261. The Morgan fingerprint density at radius 3 is 2.10 bits per heavy atom. The Bertz CT molecular complexity index is 817. The Kier molecular flexibility index (Phi) is 3.40. The highest BCUT2D eigenvalue weighted by Gasteiger charge is 2.05. The average Bonchev–Trinajstić information content (AvgIpc) is 2.49. The number of azo groups is 1. The summed E-state index contributed by atoms with van der Waals surface area (Å²) in [4.78, 5) is 0. The van der Waals surface area contributed by atoms with Crippen molar-refractivity contribution in [2.75, 3.05) is 0 Å². The number of phenols is 1. The number of hydrogen-bond acceptors (Lipinski definition) is 3. The minimum Gasteiger partial charge on any atom is -0.507 e. The summed E-state index contributed by atoms with van der Waals surface area (Å²) in [7, 11) is 0. The van der Waals surface area contributed by atoms with Crippen LogP contribution in [0.5, 0.6) is 5.75 Å². The van der Waals surface area contributed by atoms with Crippen LogP contribution in [0.2, 0.25) is 0 Å². The lowest BCUT2D eigenvalue weighted by atomic mass is 10.1. The van der Waals surface area contributed by atoms with Crippen LogP contribution < -0.4 is 0 Å². The number of aromatic hydroxyl groups is 1. The first kappa shape index (κ1) is 13.3. The second kappa shape index (κ2) is 5.37. The molecular formula is C18H16N2O. The van der Waals surface area contributed by atoms with Crippen LogP contribution >= 0.6 is 0 Å². The predicted octanol–water partition coefficient (Wildman–Crippen LogP) is 5.58. The van der Waals surface area contributed by atoms with E-state index >= 15 is 0 Å². The first-order valence-corrected chi connectivity index (χ1v) is 6.85. The topological polar surface area (TPSA) is 45.0 Å². The first-order valence-electron chi connectivity index (χ1n) is 6.85. The van der Waals surface area contributed by atoms with E-state index in [4.69, 9.17) is 0 Å². The molecule has 3 aromatic rings. The van der Waals surface area contributed by atoms with Gasteiger partial charge in [0.15, 0.2) is 0 Å². The molecule has 0 bridgehead atoms. The predicted molar refractivity (Wildman–Crippen MR) is 85.7 cm³/mol. The molecular weight excluding hydrogens is 260 g/mol. The van der Waals surface area contributed by atoms with Crippen LogP contribution in [-0.4, -0.2) is 5.11 Å². The number of hydrogen-bond donors (Lipinski definition) is 1. The number of nitrogens with zero attached hydrogens (tertiary/aromatic N) is 2. The smallest absolute Gasteiger partial charge is 0.123 e. The van der Waals surface area contributed by atoms with E-state index in [1.807, 2.05) is 56.3 Å². The Hall–Kier alpha value is -2.68. The van der Waals surface area contributed by atoms with Gasteiger partial charge in [0.1, 0.15) is 5.75 Å². The van der Waals surface area contributed by atoms with E-state index in [1.165, 1.54) is 0 Å². The molecule has 3 heteroatoms. The average molecular weight is 276 g/mol. The molecule has 21 heavy (non-hydrogen) atoms. The van der Waals surface area contributed by atoms with Crippen molar-refractivity contribution in [2.45, 2.75) is 13.8 Å². The van der Waals surface area contributed by atoms with Crippen molar-refractivity contribution in [3.05, 3.63) is 65.7 Å². The molecule has 0 spiro atoms. The monoisotopic (exact) mass is 276 g/mol. The van der Waals surface area contributed by atoms with Gasteiger partial charge in [-0.1, -0.05) is 42.5 Å². The zero-order valence-corrected chi connectivity index (χ0v) is 12.0. The highest BCUT2D eigenvalue weighted by Crippen LogP contribution is 2.34. The fourth-order valence-corrected chi connectivity index (χ4v) is 2.42. The Morgan fingerprint density at radius 2 is 1.38 bits per heavy atom. The lowest BCUT2D eigenvalue weighted by Crippen LogP contribution is -1.79. The summed E-state index contributed by atoms with van der Waals surface area (Å²) in [6, 6.07) is 17.1. The maximum absolute atomic E-state index is 9.90. The van der Waals surface area contributed by atoms with Crippen LogP contribution in [-0.2, 0) is 0 Å². The molecule has 0 unspecified atom stereocenters. The molecule has 0 aliphatic carbocycles. The van der Waals surface area contributed by atoms with Crippen LogP contribution in [0.4, 0.5) is 11.4 Å². The second-order valence-electron chi connectivity index (χ2n) is 5.09. The molecule has 1 N–H and O–H groups in total. The molecule has 0 aliphatic heterocycles. The molecule has 3 aromatic carbocycles. The van der Waals surface area contributed by atoms with Gasteiger partial charge in [0.25, 0.3) is 0 Å². The third kappa shape index (κ3) is 2.50. The van der Waals surface area contributed by atoms with E-state index in [0.29, 0.717) is 0 Å². The quantitative estimate of drug-likeness (QED) is 0.610. The van der Waals surface area contributed by atoms with Crippen LogP contribution in [0.15, 0.2) is 64.8 Å². The normalized spacial score (nSPS) is 11.3. The molecule has 3 rings (SSSR count). The summed E-state index contributed by atoms with van der Waals surface area (Å²) in [5.41, 5.74) is 3.85. The largest absolute Gasteiger partial charge is 0.507 e. The number of benzene rings is 3. The van der Waals surface area contributed by atoms with Crippen molar-refractivity contribution in [1.29, 1.82) is 0 Å². The third-order valence-corrected chi connectivity index (χ3v) is 3.58. The molecule has 0 amide bonds. The highest BCUT2D eigenvalue weighted by molar-refractivity contribution is 5.96. The second-order valence-corrected chi connectivity index (χ2v) is 5.09. The summed E-state index contributed by atoms with van der Waals surface area (Å²) in [6.07, 6.45) is 0. The SMILES string of the molecule is Cc1cccc(C)c1N=Nc1ccc(O)c2ccccc12. The Morgan fingerprint density at radius 1 is 0.714 bits per heavy atom. The zero-order valence-electron chi connectivity index (χ0n) is 12.0. The summed E-state index contributed by atoms with van der Waals surface area (Å²) < 4.78 is 0. The first-order chi connectivity index (χ1) is 10.2. The van der Waals surface area contributed by atoms with Gasteiger partial charge in [-0.15, -0.1) is 10.2 Å². The lowest BCUT2D eigenvalue weighted by Gasteiger charge is -2.05.